The summed E-state index contributed by atoms with van der Waals surface area (Å²) in [6, 6.07) is 20.7. The van der Waals surface area contributed by atoms with Gasteiger partial charge in [-0.3, -0.25) is 9.59 Å². The Bertz CT molecular complexity index is 1020. The quantitative estimate of drug-likeness (QED) is 0.323. The molecule has 0 aliphatic heterocycles. The molecule has 0 saturated heterocycles. The smallest absolute Gasteiger partial charge is 0.259 e. The molecule has 0 fully saturated rings. The minimum atomic E-state index is -0.403. The first-order valence-electron chi connectivity index (χ1n) is 9.98. The molecular formula is C24H25N3O3. The highest BCUT2D eigenvalue weighted by Crippen LogP contribution is 2.16. The number of nitrogens with zero attached hydrogens (tertiary/aromatic N) is 1. The van der Waals surface area contributed by atoms with Crippen LogP contribution in [-0.4, -0.2) is 31.2 Å². The van der Waals surface area contributed by atoms with Crippen LogP contribution < -0.4 is 15.5 Å². The lowest BCUT2D eigenvalue weighted by Gasteiger charge is -2.07. The fourth-order valence-corrected chi connectivity index (χ4v) is 2.88. The number of hydrazone groups is 1. The van der Waals surface area contributed by atoms with Crippen LogP contribution in [-0.2, 0) is 4.79 Å². The molecule has 0 spiro atoms. The number of amides is 2. The van der Waals surface area contributed by atoms with Crippen LogP contribution in [0.2, 0.25) is 0 Å². The van der Waals surface area contributed by atoms with Crippen molar-refractivity contribution < 1.29 is 14.3 Å². The molecule has 0 aromatic heterocycles. The van der Waals surface area contributed by atoms with E-state index >= 15 is 0 Å². The third kappa shape index (κ3) is 5.91. The molecule has 2 N–H and O–H groups in total. The van der Waals surface area contributed by atoms with Crippen molar-refractivity contribution in [1.29, 1.82) is 0 Å². The first-order valence-corrected chi connectivity index (χ1v) is 9.98. The van der Waals surface area contributed by atoms with E-state index in [1.807, 2.05) is 42.5 Å². The Morgan fingerprint density at radius 1 is 1.00 bits per heavy atom. The Morgan fingerprint density at radius 3 is 2.57 bits per heavy atom. The van der Waals surface area contributed by atoms with Gasteiger partial charge in [-0.05, 0) is 41.5 Å². The lowest BCUT2D eigenvalue weighted by Crippen LogP contribution is -2.34. The molecule has 3 rings (SSSR count). The van der Waals surface area contributed by atoms with Gasteiger partial charge in [0.1, 0.15) is 5.75 Å². The van der Waals surface area contributed by atoms with E-state index in [-0.39, 0.29) is 12.5 Å². The molecule has 154 valence electrons. The monoisotopic (exact) mass is 403 g/mol. The number of carbonyl (C=O) groups excluding carboxylic acids is 2. The lowest BCUT2D eigenvalue weighted by molar-refractivity contribution is -0.120. The van der Waals surface area contributed by atoms with E-state index < -0.39 is 5.91 Å². The van der Waals surface area contributed by atoms with Crippen LogP contribution >= 0.6 is 0 Å². The Kier molecular flexibility index (Phi) is 7.55. The van der Waals surface area contributed by atoms with Crippen molar-refractivity contribution in [2.75, 3.05) is 13.2 Å². The number of carbonyl (C=O) groups is 2. The van der Waals surface area contributed by atoms with Crippen LogP contribution in [0, 0.1) is 0 Å². The van der Waals surface area contributed by atoms with Crippen LogP contribution in [0.25, 0.3) is 10.8 Å². The molecule has 6 heteroatoms. The van der Waals surface area contributed by atoms with Gasteiger partial charge in [0.2, 0.25) is 0 Å². The highest BCUT2D eigenvalue weighted by atomic mass is 16.5. The Hall–Kier alpha value is -3.67. The molecule has 2 amide bonds. The van der Waals surface area contributed by atoms with Crippen LogP contribution in [0.5, 0.6) is 5.75 Å². The number of nitrogens with one attached hydrogen (secondary N) is 2. The van der Waals surface area contributed by atoms with Crippen molar-refractivity contribution in [1.82, 2.24) is 10.7 Å². The predicted octanol–water partition coefficient (Wildman–Crippen LogP) is 3.90. The second-order valence-electron chi connectivity index (χ2n) is 6.77. The van der Waals surface area contributed by atoms with Gasteiger partial charge in [0, 0.05) is 11.1 Å². The number of unbranched alkanes of at least 4 members (excludes halogenated alkanes) is 1. The summed E-state index contributed by atoms with van der Waals surface area (Å²) in [4.78, 5) is 24.2. The summed E-state index contributed by atoms with van der Waals surface area (Å²) in [5, 5.41) is 8.73. The van der Waals surface area contributed by atoms with Crippen molar-refractivity contribution in [2.24, 2.45) is 5.10 Å². The molecule has 3 aromatic carbocycles. The molecular weight excluding hydrogens is 378 g/mol. The minimum Gasteiger partial charge on any atom is -0.494 e. The number of hydrogen-bond donors (Lipinski definition) is 2. The topological polar surface area (TPSA) is 79.8 Å². The number of ether oxygens (including phenoxy) is 1. The summed E-state index contributed by atoms with van der Waals surface area (Å²) in [5.41, 5.74) is 3.80. The van der Waals surface area contributed by atoms with E-state index in [0.717, 1.165) is 34.9 Å². The standard InChI is InChI=1S/C24H25N3O3/c1-2-3-15-30-21-13-11-19(12-14-21)24(29)25-17-23(28)27-26-16-20-9-6-8-18-7-4-5-10-22(18)20/h4-14,16H,2-3,15,17H2,1H3,(H,25,29)(H,27,28). The lowest BCUT2D eigenvalue weighted by atomic mass is 10.1. The summed E-state index contributed by atoms with van der Waals surface area (Å²) in [6.07, 6.45) is 3.65. The fraction of sp³-hybridized carbons (Fsp3) is 0.208. The fourth-order valence-electron chi connectivity index (χ4n) is 2.88. The van der Waals surface area contributed by atoms with Crippen molar-refractivity contribution in [3.63, 3.8) is 0 Å². The highest BCUT2D eigenvalue weighted by Gasteiger charge is 2.08. The summed E-state index contributed by atoms with van der Waals surface area (Å²) in [5.74, 6) is -0.0110. The summed E-state index contributed by atoms with van der Waals surface area (Å²) < 4.78 is 5.58. The summed E-state index contributed by atoms with van der Waals surface area (Å²) >= 11 is 0. The second kappa shape index (κ2) is 10.8. The van der Waals surface area contributed by atoms with Crippen LogP contribution in [0.15, 0.2) is 71.8 Å². The Labute approximate surface area is 175 Å². The number of rotatable bonds is 9. The predicted molar refractivity (Wildman–Crippen MR) is 119 cm³/mol. The van der Waals surface area contributed by atoms with Gasteiger partial charge in [0.25, 0.3) is 11.8 Å². The largest absolute Gasteiger partial charge is 0.494 e. The van der Waals surface area contributed by atoms with Crippen molar-refractivity contribution in [3.05, 3.63) is 77.9 Å². The number of fused-ring (bicyclic) bond motifs is 1. The van der Waals surface area contributed by atoms with E-state index in [0.29, 0.717) is 12.2 Å². The van der Waals surface area contributed by atoms with Gasteiger partial charge in [-0.2, -0.15) is 5.10 Å². The third-order valence-corrected chi connectivity index (χ3v) is 4.51. The molecule has 0 atom stereocenters. The maximum Gasteiger partial charge on any atom is 0.259 e. The SMILES string of the molecule is CCCCOc1ccc(C(=O)NCC(=O)NN=Cc2cccc3ccccc23)cc1. The number of benzene rings is 3. The second-order valence-corrected chi connectivity index (χ2v) is 6.77. The van der Waals surface area contributed by atoms with Crippen molar-refractivity contribution >= 4 is 28.8 Å². The molecule has 0 heterocycles. The maximum atomic E-state index is 12.2. The number of hydrogen-bond acceptors (Lipinski definition) is 4. The van der Waals surface area contributed by atoms with Gasteiger partial charge >= 0.3 is 0 Å². The molecule has 0 saturated carbocycles. The van der Waals surface area contributed by atoms with E-state index in [1.54, 1.807) is 30.5 Å². The summed E-state index contributed by atoms with van der Waals surface area (Å²) in [7, 11) is 0. The third-order valence-electron chi connectivity index (χ3n) is 4.51. The molecule has 0 unspecified atom stereocenters. The van der Waals surface area contributed by atoms with Gasteiger partial charge in [-0.15, -0.1) is 0 Å². The molecule has 0 aliphatic carbocycles. The van der Waals surface area contributed by atoms with Crippen LogP contribution in [0.4, 0.5) is 0 Å². The molecule has 3 aromatic rings. The normalized spacial score (nSPS) is 10.8. The average molecular weight is 403 g/mol. The van der Waals surface area contributed by atoms with E-state index in [9.17, 15) is 9.59 Å². The first-order chi connectivity index (χ1) is 14.7. The zero-order valence-corrected chi connectivity index (χ0v) is 16.9. The van der Waals surface area contributed by atoms with Gasteiger partial charge in [0.15, 0.2) is 0 Å². The van der Waals surface area contributed by atoms with Crippen LogP contribution in [0.3, 0.4) is 0 Å². The average Bonchev–Trinajstić information content (AvgIpc) is 2.78. The zero-order chi connectivity index (χ0) is 21.2. The highest BCUT2D eigenvalue weighted by molar-refractivity contribution is 6.00. The first kappa shape index (κ1) is 21.0. The molecule has 6 nitrogen and oxygen atoms in total. The van der Waals surface area contributed by atoms with Crippen molar-refractivity contribution in [3.8, 4) is 5.75 Å². The van der Waals surface area contributed by atoms with Gasteiger partial charge in [-0.25, -0.2) is 5.43 Å². The molecule has 30 heavy (non-hydrogen) atoms. The van der Waals surface area contributed by atoms with Crippen molar-refractivity contribution in [2.45, 2.75) is 19.8 Å². The van der Waals surface area contributed by atoms with Gasteiger partial charge in [-0.1, -0.05) is 55.8 Å². The zero-order valence-electron chi connectivity index (χ0n) is 16.9. The Balaban J connectivity index is 1.47. The molecule has 0 radical (unpaired) electrons. The summed E-state index contributed by atoms with van der Waals surface area (Å²) in [6.45, 7) is 2.59. The van der Waals surface area contributed by atoms with E-state index in [4.69, 9.17) is 4.74 Å². The van der Waals surface area contributed by atoms with E-state index in [1.165, 1.54) is 0 Å². The molecule has 0 bridgehead atoms. The van der Waals surface area contributed by atoms with Gasteiger partial charge in [0.05, 0.1) is 19.4 Å². The Morgan fingerprint density at radius 2 is 1.77 bits per heavy atom. The molecule has 0 aliphatic rings. The van der Waals surface area contributed by atoms with Crippen LogP contribution in [0.1, 0.15) is 35.7 Å². The van der Waals surface area contributed by atoms with Gasteiger partial charge < -0.3 is 10.1 Å². The maximum absolute atomic E-state index is 12.2. The van der Waals surface area contributed by atoms with E-state index in [2.05, 4.69) is 22.8 Å². The minimum absolute atomic E-state index is 0.166.